The van der Waals surface area contributed by atoms with Gasteiger partial charge in [-0.3, -0.25) is 0 Å². The predicted molar refractivity (Wildman–Crippen MR) is 84.7 cm³/mol. The molecule has 0 spiro atoms. The number of hydrogen-bond acceptors (Lipinski definition) is 3. The zero-order chi connectivity index (χ0) is 14.9. The Morgan fingerprint density at radius 2 is 2.10 bits per heavy atom. The number of rotatable bonds is 4. The van der Waals surface area contributed by atoms with Crippen LogP contribution < -0.4 is 0 Å². The van der Waals surface area contributed by atoms with Gasteiger partial charge in [0.25, 0.3) is 0 Å². The van der Waals surface area contributed by atoms with Crippen LogP contribution in [0.3, 0.4) is 0 Å². The summed E-state index contributed by atoms with van der Waals surface area (Å²) in [5, 5.41) is 18.9. The molecule has 1 aromatic heterocycles. The van der Waals surface area contributed by atoms with E-state index in [1.165, 1.54) is 0 Å². The molecule has 0 saturated carbocycles. The van der Waals surface area contributed by atoms with E-state index in [9.17, 15) is 5.11 Å². The van der Waals surface area contributed by atoms with Gasteiger partial charge in [0.15, 0.2) is 0 Å². The lowest BCUT2D eigenvalue weighted by Crippen LogP contribution is -2.24. The van der Waals surface area contributed by atoms with Crippen LogP contribution in [0.4, 0.5) is 0 Å². The zero-order valence-electron chi connectivity index (χ0n) is 11.7. The van der Waals surface area contributed by atoms with Crippen molar-refractivity contribution < 1.29 is 5.11 Å². The maximum atomic E-state index is 10.7. The average Bonchev–Trinajstić information content (AvgIpc) is 3.12. The Morgan fingerprint density at radius 1 is 1.33 bits per heavy atom. The molecule has 2 aromatic rings. The SMILES string of the molecule is CC(O)(C1=CC=CC1)c1cn(Cc2ccc(Br)cc2)nn1. The number of nitrogens with zero attached hydrogens (tertiary/aromatic N) is 3. The minimum absolute atomic E-state index is 0.578. The van der Waals surface area contributed by atoms with E-state index in [1.54, 1.807) is 17.8 Å². The molecule has 1 unspecified atom stereocenters. The van der Waals surface area contributed by atoms with Crippen LogP contribution >= 0.6 is 15.9 Å². The van der Waals surface area contributed by atoms with Gasteiger partial charge in [0, 0.05) is 4.47 Å². The first-order valence-corrected chi connectivity index (χ1v) is 7.58. The van der Waals surface area contributed by atoms with Crippen molar-refractivity contribution in [3.05, 3.63) is 70.0 Å². The lowest BCUT2D eigenvalue weighted by molar-refractivity contribution is 0.0909. The van der Waals surface area contributed by atoms with Crippen LogP contribution in [0.2, 0.25) is 0 Å². The highest BCUT2D eigenvalue weighted by Gasteiger charge is 2.31. The van der Waals surface area contributed by atoms with Crippen molar-refractivity contribution in [3.63, 3.8) is 0 Å². The Bertz CT molecular complexity index is 699. The van der Waals surface area contributed by atoms with Crippen LogP contribution in [0.15, 0.2) is 58.7 Å². The van der Waals surface area contributed by atoms with Crippen molar-refractivity contribution in [1.82, 2.24) is 15.0 Å². The number of aliphatic hydroxyl groups is 1. The van der Waals surface area contributed by atoms with Gasteiger partial charge in [0.05, 0.1) is 12.7 Å². The maximum absolute atomic E-state index is 10.7. The summed E-state index contributed by atoms with van der Waals surface area (Å²) in [6.07, 6.45) is 8.48. The fraction of sp³-hybridized carbons (Fsp3) is 0.250. The van der Waals surface area contributed by atoms with E-state index in [2.05, 4.69) is 26.2 Å². The first kappa shape index (κ1) is 14.2. The van der Waals surface area contributed by atoms with E-state index in [4.69, 9.17) is 0 Å². The molecule has 0 fully saturated rings. The smallest absolute Gasteiger partial charge is 0.129 e. The van der Waals surface area contributed by atoms with Gasteiger partial charge in [0.1, 0.15) is 11.3 Å². The van der Waals surface area contributed by atoms with Gasteiger partial charge in [0.2, 0.25) is 0 Å². The molecule has 1 aliphatic carbocycles. The summed E-state index contributed by atoms with van der Waals surface area (Å²) >= 11 is 3.42. The van der Waals surface area contributed by atoms with Gasteiger partial charge in [-0.2, -0.15) is 0 Å². The van der Waals surface area contributed by atoms with Crippen LogP contribution in [0.25, 0.3) is 0 Å². The molecule has 0 aliphatic heterocycles. The van der Waals surface area contributed by atoms with E-state index in [0.717, 1.165) is 22.0 Å². The van der Waals surface area contributed by atoms with Crippen LogP contribution in [-0.4, -0.2) is 20.1 Å². The highest BCUT2D eigenvalue weighted by molar-refractivity contribution is 9.10. The van der Waals surface area contributed by atoms with Gasteiger partial charge in [-0.15, -0.1) is 5.10 Å². The maximum Gasteiger partial charge on any atom is 0.129 e. The number of hydrogen-bond donors (Lipinski definition) is 1. The molecule has 5 heteroatoms. The second kappa shape index (κ2) is 5.58. The molecule has 0 radical (unpaired) electrons. The second-order valence-electron chi connectivity index (χ2n) is 5.32. The molecule has 1 heterocycles. The molecule has 1 atom stereocenters. The summed E-state index contributed by atoms with van der Waals surface area (Å²) in [7, 11) is 0. The van der Waals surface area contributed by atoms with Crippen LogP contribution in [0.5, 0.6) is 0 Å². The Morgan fingerprint density at radius 3 is 2.76 bits per heavy atom. The molecule has 4 nitrogen and oxygen atoms in total. The highest BCUT2D eigenvalue weighted by atomic mass is 79.9. The second-order valence-corrected chi connectivity index (χ2v) is 6.24. The van der Waals surface area contributed by atoms with Gasteiger partial charge >= 0.3 is 0 Å². The van der Waals surface area contributed by atoms with Crippen molar-refractivity contribution in [2.75, 3.05) is 0 Å². The zero-order valence-corrected chi connectivity index (χ0v) is 13.3. The Hall–Kier alpha value is -1.72. The van der Waals surface area contributed by atoms with Crippen LogP contribution in [-0.2, 0) is 12.1 Å². The lowest BCUT2D eigenvalue weighted by atomic mass is 9.92. The third-order valence-corrected chi connectivity index (χ3v) is 4.22. The lowest BCUT2D eigenvalue weighted by Gasteiger charge is -2.22. The Balaban J connectivity index is 1.78. The predicted octanol–water partition coefficient (Wildman–Crippen LogP) is 3.18. The van der Waals surface area contributed by atoms with Crippen molar-refractivity contribution in [2.24, 2.45) is 0 Å². The molecule has 1 aromatic carbocycles. The van der Waals surface area contributed by atoms with E-state index in [0.29, 0.717) is 12.2 Å². The molecular formula is C16H16BrN3O. The summed E-state index contributed by atoms with van der Waals surface area (Å²) in [5.74, 6) is 0. The first-order chi connectivity index (χ1) is 10.1. The van der Waals surface area contributed by atoms with Crippen molar-refractivity contribution in [2.45, 2.75) is 25.5 Å². The van der Waals surface area contributed by atoms with Crippen molar-refractivity contribution in [3.8, 4) is 0 Å². The highest BCUT2D eigenvalue weighted by Crippen LogP contribution is 2.32. The van der Waals surface area contributed by atoms with E-state index in [-0.39, 0.29) is 0 Å². The third kappa shape index (κ3) is 2.99. The number of halogens is 1. The van der Waals surface area contributed by atoms with Gasteiger partial charge in [-0.1, -0.05) is 51.5 Å². The quantitative estimate of drug-likeness (QED) is 0.925. The Kier molecular flexibility index (Phi) is 3.78. The van der Waals surface area contributed by atoms with E-state index >= 15 is 0 Å². The van der Waals surface area contributed by atoms with Gasteiger partial charge in [-0.05, 0) is 36.6 Å². The molecule has 0 amide bonds. The molecule has 0 bridgehead atoms. The van der Waals surface area contributed by atoms with Gasteiger partial charge in [-0.25, -0.2) is 4.68 Å². The summed E-state index contributed by atoms with van der Waals surface area (Å²) < 4.78 is 2.80. The van der Waals surface area contributed by atoms with E-state index < -0.39 is 5.60 Å². The van der Waals surface area contributed by atoms with Crippen LogP contribution in [0.1, 0.15) is 24.6 Å². The molecular weight excluding hydrogens is 330 g/mol. The standard InChI is InChI=1S/C16H16BrN3O/c1-16(21,13-4-2-3-5-13)15-11-20(19-18-15)10-12-6-8-14(17)9-7-12/h2-4,6-9,11,21H,5,10H2,1H3. The monoisotopic (exact) mass is 345 g/mol. The van der Waals surface area contributed by atoms with Crippen LogP contribution in [0, 0.1) is 0 Å². The fourth-order valence-electron chi connectivity index (χ4n) is 2.35. The minimum atomic E-state index is -1.07. The summed E-state index contributed by atoms with van der Waals surface area (Å²) in [6, 6.07) is 8.07. The number of benzene rings is 1. The molecule has 3 rings (SSSR count). The molecule has 0 saturated heterocycles. The average molecular weight is 346 g/mol. The molecule has 1 aliphatic rings. The Labute approximate surface area is 131 Å². The molecule has 21 heavy (non-hydrogen) atoms. The van der Waals surface area contributed by atoms with E-state index in [1.807, 2.05) is 42.5 Å². The summed E-state index contributed by atoms with van der Waals surface area (Å²) in [4.78, 5) is 0. The minimum Gasteiger partial charge on any atom is -0.379 e. The fourth-order valence-corrected chi connectivity index (χ4v) is 2.61. The first-order valence-electron chi connectivity index (χ1n) is 6.79. The summed E-state index contributed by atoms with van der Waals surface area (Å²) in [6.45, 7) is 2.40. The number of allylic oxidation sites excluding steroid dienone is 3. The molecule has 108 valence electrons. The topological polar surface area (TPSA) is 50.9 Å². The molecule has 1 N–H and O–H groups in total. The third-order valence-electron chi connectivity index (χ3n) is 3.69. The van der Waals surface area contributed by atoms with Crippen molar-refractivity contribution >= 4 is 15.9 Å². The van der Waals surface area contributed by atoms with Gasteiger partial charge < -0.3 is 5.11 Å². The largest absolute Gasteiger partial charge is 0.379 e. The van der Waals surface area contributed by atoms with Crippen molar-refractivity contribution in [1.29, 1.82) is 0 Å². The normalized spacial score (nSPS) is 16.8. The number of aromatic nitrogens is 3. The summed E-state index contributed by atoms with van der Waals surface area (Å²) in [5.41, 5.74) is 1.59.